The molecule has 1 aromatic carbocycles. The molecule has 2 saturated carbocycles. The smallest absolute Gasteiger partial charge is 0.259 e. The van der Waals surface area contributed by atoms with Crippen LogP contribution in [0.2, 0.25) is 5.02 Å². The Bertz CT molecular complexity index is 1590. The van der Waals surface area contributed by atoms with E-state index in [-0.39, 0.29) is 37.1 Å². The minimum atomic E-state index is -3.82. The molecule has 0 unspecified atom stereocenters. The number of amides is 3. The summed E-state index contributed by atoms with van der Waals surface area (Å²) < 4.78 is 38.8. The molecule has 3 aliphatic rings. The standard InChI is InChI=1S/C30H37ClN4O7S/c1-6-17-14-30(17,28(38)34-43(39,40)19-7-8-19)33-27(37)21-13-18(16-35(21)24(36)15-29(2,3)4)42-22-11-12-32-26-20(22)9-10-23(41-5)25(26)31/h6,9-12,17-19,21H,1,7-8,13-16H2,2-5H3,(H,33,37)(H,34,38)/t17-,18-,21-,30-/m1/s1. The van der Waals surface area contributed by atoms with Gasteiger partial charge in [-0.1, -0.05) is 38.4 Å². The van der Waals surface area contributed by atoms with Crippen molar-refractivity contribution in [3.8, 4) is 11.5 Å². The zero-order valence-electron chi connectivity index (χ0n) is 24.7. The number of rotatable bonds is 10. The van der Waals surface area contributed by atoms with Crippen molar-refractivity contribution in [2.24, 2.45) is 11.3 Å². The number of likely N-dealkylation sites (tertiary alicyclic amines) is 1. The first-order valence-electron chi connectivity index (χ1n) is 14.3. The van der Waals surface area contributed by atoms with Crippen LogP contribution in [-0.4, -0.2) is 72.6 Å². The summed E-state index contributed by atoms with van der Waals surface area (Å²) in [5.41, 5.74) is -1.29. The molecule has 4 atom stereocenters. The van der Waals surface area contributed by atoms with E-state index in [4.69, 9.17) is 21.1 Å². The molecule has 3 fully saturated rings. The maximum atomic E-state index is 13.8. The van der Waals surface area contributed by atoms with Crippen LogP contribution < -0.4 is 19.5 Å². The molecule has 0 bridgehead atoms. The van der Waals surface area contributed by atoms with Crippen molar-refractivity contribution in [1.82, 2.24) is 19.9 Å². The van der Waals surface area contributed by atoms with Crippen LogP contribution in [-0.2, 0) is 24.4 Å². The quantitative estimate of drug-likeness (QED) is 0.380. The molecule has 2 aromatic rings. The lowest BCUT2D eigenvalue weighted by atomic mass is 9.91. The Hall–Kier alpha value is -3.38. The summed E-state index contributed by atoms with van der Waals surface area (Å²) in [6.07, 6.45) is 4.09. The lowest BCUT2D eigenvalue weighted by molar-refractivity contribution is -0.141. The number of ether oxygens (including phenoxy) is 2. The molecular formula is C30H37ClN4O7S. The van der Waals surface area contributed by atoms with Gasteiger partial charge in [0.15, 0.2) is 0 Å². The number of methoxy groups -OCH3 is 1. The fourth-order valence-corrected chi connectivity index (χ4v) is 7.22. The summed E-state index contributed by atoms with van der Waals surface area (Å²) in [5.74, 6) is -1.05. The number of aromatic nitrogens is 1. The third-order valence-corrected chi connectivity index (χ3v) is 10.3. The summed E-state index contributed by atoms with van der Waals surface area (Å²) in [6.45, 7) is 9.69. The Morgan fingerprint density at radius 3 is 2.53 bits per heavy atom. The third-order valence-electron chi connectivity index (χ3n) is 8.11. The third kappa shape index (κ3) is 6.31. The molecular weight excluding hydrogens is 596 g/mol. The number of hydrogen-bond acceptors (Lipinski definition) is 8. The van der Waals surface area contributed by atoms with E-state index in [9.17, 15) is 22.8 Å². The highest BCUT2D eigenvalue weighted by Crippen LogP contribution is 2.45. The average molecular weight is 633 g/mol. The number of nitrogens with one attached hydrogen (secondary N) is 2. The van der Waals surface area contributed by atoms with E-state index < -0.39 is 50.7 Å². The van der Waals surface area contributed by atoms with E-state index in [0.717, 1.165) is 0 Å². The van der Waals surface area contributed by atoms with E-state index in [0.29, 0.717) is 40.3 Å². The molecule has 43 heavy (non-hydrogen) atoms. The summed E-state index contributed by atoms with van der Waals surface area (Å²) in [6, 6.07) is 4.25. The van der Waals surface area contributed by atoms with Gasteiger partial charge in [0.2, 0.25) is 21.8 Å². The van der Waals surface area contributed by atoms with Gasteiger partial charge in [-0.05, 0) is 42.9 Å². The first-order valence-corrected chi connectivity index (χ1v) is 16.2. The van der Waals surface area contributed by atoms with Crippen molar-refractivity contribution < 1.29 is 32.3 Å². The molecule has 2 N–H and O–H groups in total. The predicted octanol–water partition coefficient (Wildman–Crippen LogP) is 3.35. The van der Waals surface area contributed by atoms with E-state index in [1.165, 1.54) is 18.1 Å². The Kier molecular flexibility index (Phi) is 8.14. The van der Waals surface area contributed by atoms with Gasteiger partial charge in [0.1, 0.15) is 34.2 Å². The maximum Gasteiger partial charge on any atom is 0.259 e. The largest absolute Gasteiger partial charge is 0.495 e. The molecule has 1 aromatic heterocycles. The number of fused-ring (bicyclic) bond motifs is 1. The predicted molar refractivity (Wildman–Crippen MR) is 161 cm³/mol. The van der Waals surface area contributed by atoms with Crippen molar-refractivity contribution in [2.45, 2.75) is 75.8 Å². The van der Waals surface area contributed by atoms with Gasteiger partial charge in [-0.25, -0.2) is 8.42 Å². The molecule has 2 heterocycles. The Morgan fingerprint density at radius 2 is 1.93 bits per heavy atom. The number of hydrogen-bond donors (Lipinski definition) is 2. The molecule has 232 valence electrons. The summed E-state index contributed by atoms with van der Waals surface area (Å²) >= 11 is 6.47. The second-order valence-electron chi connectivity index (χ2n) is 12.7. The summed E-state index contributed by atoms with van der Waals surface area (Å²) in [7, 11) is -2.31. The second kappa shape index (κ2) is 11.3. The monoisotopic (exact) mass is 632 g/mol. The number of carbonyl (C=O) groups is 3. The van der Waals surface area contributed by atoms with Crippen LogP contribution in [0.5, 0.6) is 11.5 Å². The van der Waals surface area contributed by atoms with Crippen LogP contribution in [0.4, 0.5) is 0 Å². The van der Waals surface area contributed by atoms with Crippen LogP contribution in [0.3, 0.4) is 0 Å². The van der Waals surface area contributed by atoms with Crippen molar-refractivity contribution in [1.29, 1.82) is 0 Å². The van der Waals surface area contributed by atoms with Crippen LogP contribution in [0.1, 0.15) is 52.9 Å². The van der Waals surface area contributed by atoms with Gasteiger partial charge in [0, 0.05) is 30.3 Å². The van der Waals surface area contributed by atoms with Gasteiger partial charge in [-0.2, -0.15) is 0 Å². The fraction of sp³-hybridized carbons (Fsp3) is 0.533. The zero-order valence-corrected chi connectivity index (χ0v) is 26.3. The zero-order chi connectivity index (χ0) is 31.3. The van der Waals surface area contributed by atoms with Crippen molar-refractivity contribution in [3.05, 3.63) is 42.1 Å². The lowest BCUT2D eigenvalue weighted by Gasteiger charge is -2.28. The minimum absolute atomic E-state index is 0.140. The topological polar surface area (TPSA) is 144 Å². The maximum absolute atomic E-state index is 13.8. The van der Waals surface area contributed by atoms with Crippen LogP contribution >= 0.6 is 11.6 Å². The normalized spacial score (nSPS) is 25.2. The first kappa shape index (κ1) is 31.1. The van der Waals surface area contributed by atoms with Crippen molar-refractivity contribution in [2.75, 3.05) is 13.7 Å². The highest BCUT2D eigenvalue weighted by Gasteiger charge is 2.62. The van der Waals surface area contributed by atoms with Crippen LogP contribution in [0, 0.1) is 11.3 Å². The van der Waals surface area contributed by atoms with Gasteiger partial charge in [-0.3, -0.25) is 24.1 Å². The van der Waals surface area contributed by atoms with Crippen LogP contribution in [0.15, 0.2) is 37.1 Å². The summed E-state index contributed by atoms with van der Waals surface area (Å²) in [4.78, 5) is 46.4. The van der Waals surface area contributed by atoms with E-state index in [1.54, 1.807) is 24.4 Å². The average Bonchev–Trinajstić information content (AvgIpc) is 3.85. The van der Waals surface area contributed by atoms with Crippen LogP contribution in [0.25, 0.3) is 10.9 Å². The van der Waals surface area contributed by atoms with E-state index >= 15 is 0 Å². The van der Waals surface area contributed by atoms with Gasteiger partial charge < -0.3 is 19.7 Å². The Labute approximate surface area is 256 Å². The van der Waals surface area contributed by atoms with Crippen molar-refractivity contribution >= 4 is 50.2 Å². The molecule has 1 aliphatic heterocycles. The van der Waals surface area contributed by atoms with E-state index in [2.05, 4.69) is 21.6 Å². The number of pyridine rings is 1. The van der Waals surface area contributed by atoms with Gasteiger partial charge in [-0.15, -0.1) is 6.58 Å². The lowest BCUT2D eigenvalue weighted by Crippen LogP contribution is -2.56. The molecule has 5 rings (SSSR count). The Morgan fingerprint density at radius 1 is 1.21 bits per heavy atom. The Balaban J connectivity index is 1.39. The van der Waals surface area contributed by atoms with Crippen molar-refractivity contribution in [3.63, 3.8) is 0 Å². The summed E-state index contributed by atoms with van der Waals surface area (Å²) in [5, 5.41) is 3.19. The fourth-order valence-electron chi connectivity index (χ4n) is 5.56. The van der Waals surface area contributed by atoms with E-state index in [1.807, 2.05) is 20.8 Å². The van der Waals surface area contributed by atoms with Gasteiger partial charge in [0.05, 0.1) is 24.4 Å². The number of carbonyl (C=O) groups excluding carboxylic acids is 3. The molecule has 2 aliphatic carbocycles. The molecule has 0 spiro atoms. The molecule has 0 radical (unpaired) electrons. The molecule has 1 saturated heterocycles. The minimum Gasteiger partial charge on any atom is -0.495 e. The SMILES string of the molecule is C=C[C@@H]1C[C@]1(NC(=O)[C@H]1C[C@@H](Oc2ccnc3c(Cl)c(OC)ccc23)CN1C(=O)CC(C)(C)C)C(=O)NS(=O)(=O)C1CC1. The first-order chi connectivity index (χ1) is 20.2. The molecule has 3 amide bonds. The highest BCUT2D eigenvalue weighted by molar-refractivity contribution is 7.91. The second-order valence-corrected chi connectivity index (χ2v) is 15.1. The molecule has 11 nitrogen and oxygen atoms in total. The van der Waals surface area contributed by atoms with Gasteiger partial charge >= 0.3 is 0 Å². The van der Waals surface area contributed by atoms with Gasteiger partial charge in [0.25, 0.3) is 5.91 Å². The number of benzene rings is 1. The highest BCUT2D eigenvalue weighted by atomic mass is 35.5. The number of halogens is 1. The molecule has 13 heteroatoms. The number of sulfonamides is 1. The number of nitrogens with zero attached hydrogens (tertiary/aromatic N) is 2.